The zero-order valence-corrected chi connectivity index (χ0v) is 12.9. The number of aromatic nitrogens is 1. The Morgan fingerprint density at radius 2 is 2.00 bits per heavy atom. The van der Waals surface area contributed by atoms with Crippen LogP contribution in [0.4, 0.5) is 5.13 Å². The number of rotatable bonds is 4. The Balaban J connectivity index is 2.04. The second-order valence-electron chi connectivity index (χ2n) is 4.01. The van der Waals surface area contributed by atoms with Crippen LogP contribution < -0.4 is 10.1 Å². The van der Waals surface area contributed by atoms with Crippen molar-refractivity contribution in [3.63, 3.8) is 0 Å². The summed E-state index contributed by atoms with van der Waals surface area (Å²) in [5, 5.41) is 3.00. The molecule has 0 spiro atoms. The average molecular weight is 324 g/mol. The van der Waals surface area contributed by atoms with Crippen molar-refractivity contribution in [2.75, 3.05) is 11.6 Å². The lowest BCUT2D eigenvalue weighted by Gasteiger charge is -2.04. The lowest BCUT2D eigenvalue weighted by molar-refractivity contribution is -0.131. The average Bonchev–Trinajstić information content (AvgIpc) is 2.87. The molecule has 110 valence electrons. The van der Waals surface area contributed by atoms with Gasteiger partial charge >= 0.3 is 5.97 Å². The van der Waals surface area contributed by atoms with Crippen LogP contribution in [0.15, 0.2) is 34.7 Å². The van der Waals surface area contributed by atoms with E-state index in [4.69, 9.17) is 4.74 Å². The summed E-state index contributed by atoms with van der Waals surface area (Å²) in [6.07, 6.45) is 3.02. The van der Waals surface area contributed by atoms with Gasteiger partial charge in [-0.3, -0.25) is 14.9 Å². The van der Waals surface area contributed by atoms with Gasteiger partial charge in [0.2, 0.25) is 4.21 Å². The van der Waals surface area contributed by atoms with Crippen molar-refractivity contribution in [1.82, 2.24) is 4.98 Å². The summed E-state index contributed by atoms with van der Waals surface area (Å²) in [5.41, 5.74) is 0.403. The fourth-order valence-electron chi connectivity index (χ4n) is 1.46. The van der Waals surface area contributed by atoms with Crippen LogP contribution in [-0.2, 0) is 16.0 Å². The molecular formula is C13H12N2O4S2. The van der Waals surface area contributed by atoms with E-state index in [1.807, 2.05) is 0 Å². The number of ether oxygens (including phenoxy) is 1. The largest absolute Gasteiger partial charge is 0.611 e. The molecule has 0 aliphatic heterocycles. The first-order chi connectivity index (χ1) is 9.95. The van der Waals surface area contributed by atoms with Gasteiger partial charge in [0.25, 0.3) is 5.91 Å². The minimum Gasteiger partial charge on any atom is -0.611 e. The van der Waals surface area contributed by atoms with E-state index in [1.54, 1.807) is 18.4 Å². The van der Waals surface area contributed by atoms with Gasteiger partial charge in [0.1, 0.15) is 12.0 Å². The third-order valence-corrected chi connectivity index (χ3v) is 4.70. The summed E-state index contributed by atoms with van der Waals surface area (Å²) < 4.78 is 16.7. The van der Waals surface area contributed by atoms with Crippen LogP contribution in [0.1, 0.15) is 17.3 Å². The minimum atomic E-state index is -1.12. The predicted molar refractivity (Wildman–Crippen MR) is 80.2 cm³/mol. The van der Waals surface area contributed by atoms with E-state index in [-0.39, 0.29) is 5.91 Å². The molecule has 0 saturated carbocycles. The number of hydrogen-bond donors (Lipinski definition) is 1. The fraction of sp³-hybridized carbons (Fsp3) is 0.154. The molecule has 1 aromatic heterocycles. The van der Waals surface area contributed by atoms with Gasteiger partial charge in [0.05, 0.1) is 6.20 Å². The van der Waals surface area contributed by atoms with Crippen LogP contribution >= 0.6 is 11.3 Å². The Morgan fingerprint density at radius 3 is 2.52 bits per heavy atom. The summed E-state index contributed by atoms with van der Waals surface area (Å²) in [6, 6.07) is 6.15. The first-order valence-corrected chi connectivity index (χ1v) is 8.22. The molecule has 1 unspecified atom stereocenters. The molecule has 0 aliphatic rings. The minimum absolute atomic E-state index is 0.341. The maximum Gasteiger partial charge on any atom is 0.308 e. The van der Waals surface area contributed by atoms with Crippen molar-refractivity contribution < 1.29 is 18.9 Å². The van der Waals surface area contributed by atoms with Gasteiger partial charge < -0.3 is 9.29 Å². The van der Waals surface area contributed by atoms with E-state index in [2.05, 4.69) is 10.3 Å². The molecule has 1 aromatic carbocycles. The summed E-state index contributed by atoms with van der Waals surface area (Å²) >= 11 is 0.0429. The first-order valence-electron chi connectivity index (χ1n) is 5.85. The molecule has 1 amide bonds. The highest BCUT2D eigenvalue weighted by molar-refractivity contribution is 7.92. The number of carbonyl (C=O) groups excluding carboxylic acids is 2. The molecule has 0 aliphatic carbocycles. The standard InChI is InChI=1S/C13H12N2O4S2/c1-8(16)19-10-5-3-9(4-6-10)12(17)15-13-14-7-11(20-13)21(2)18/h3-7H,1-2H3,(H,14,15,17). The van der Waals surface area contributed by atoms with Crippen LogP contribution in [0, 0.1) is 0 Å². The zero-order valence-electron chi connectivity index (χ0n) is 11.3. The quantitative estimate of drug-likeness (QED) is 0.528. The van der Waals surface area contributed by atoms with Crippen molar-refractivity contribution in [2.24, 2.45) is 0 Å². The Hall–Kier alpha value is -1.90. The molecule has 21 heavy (non-hydrogen) atoms. The van der Waals surface area contributed by atoms with Gasteiger partial charge in [0, 0.05) is 12.5 Å². The van der Waals surface area contributed by atoms with Crippen molar-refractivity contribution in [3.05, 3.63) is 36.0 Å². The highest BCUT2D eigenvalue weighted by Crippen LogP contribution is 2.23. The van der Waals surface area contributed by atoms with Crippen molar-refractivity contribution >= 4 is 39.5 Å². The number of hydrogen-bond acceptors (Lipinski definition) is 6. The third kappa shape index (κ3) is 4.28. The van der Waals surface area contributed by atoms with Crippen molar-refractivity contribution in [1.29, 1.82) is 0 Å². The van der Waals surface area contributed by atoms with E-state index < -0.39 is 17.1 Å². The van der Waals surface area contributed by atoms with Gasteiger partial charge in [-0.2, -0.15) is 0 Å². The second-order valence-corrected chi connectivity index (χ2v) is 6.65. The van der Waals surface area contributed by atoms with E-state index in [0.717, 1.165) is 11.3 Å². The number of carbonyl (C=O) groups is 2. The lowest BCUT2D eigenvalue weighted by atomic mass is 10.2. The van der Waals surface area contributed by atoms with Gasteiger partial charge in [-0.05, 0) is 46.8 Å². The van der Waals surface area contributed by atoms with E-state index in [1.165, 1.54) is 25.3 Å². The maximum absolute atomic E-state index is 12.0. The highest BCUT2D eigenvalue weighted by atomic mass is 32.2. The number of amides is 1. The molecule has 8 heteroatoms. The van der Waals surface area contributed by atoms with Crippen LogP contribution in [0.25, 0.3) is 0 Å². The molecule has 0 fully saturated rings. The van der Waals surface area contributed by atoms with Crippen LogP contribution in [-0.4, -0.2) is 27.7 Å². The molecule has 1 heterocycles. The number of nitrogens with zero attached hydrogens (tertiary/aromatic N) is 1. The number of thiazole rings is 1. The number of anilines is 1. The highest BCUT2D eigenvalue weighted by Gasteiger charge is 2.13. The second kappa shape index (κ2) is 6.70. The molecule has 1 N–H and O–H groups in total. The normalized spacial score (nSPS) is 11.8. The SMILES string of the molecule is CC(=O)Oc1ccc(C(=O)Nc2ncc([S+](C)[O-])s2)cc1. The zero-order chi connectivity index (χ0) is 15.4. The van der Waals surface area contributed by atoms with Crippen molar-refractivity contribution in [2.45, 2.75) is 11.1 Å². The molecule has 1 atom stereocenters. The molecular weight excluding hydrogens is 312 g/mol. The molecule has 6 nitrogen and oxygen atoms in total. The van der Waals surface area contributed by atoms with Crippen LogP contribution in [0.3, 0.4) is 0 Å². The maximum atomic E-state index is 12.0. The monoisotopic (exact) mass is 324 g/mol. The Bertz CT molecular complexity index is 652. The summed E-state index contributed by atoms with van der Waals surface area (Å²) in [6.45, 7) is 1.30. The summed E-state index contributed by atoms with van der Waals surface area (Å²) in [4.78, 5) is 26.8. The van der Waals surface area contributed by atoms with E-state index in [0.29, 0.717) is 20.7 Å². The molecule has 0 bridgehead atoms. The summed E-state index contributed by atoms with van der Waals surface area (Å²) in [7, 11) is 0. The van der Waals surface area contributed by atoms with Gasteiger partial charge in [0.15, 0.2) is 5.13 Å². The smallest absolute Gasteiger partial charge is 0.308 e. The van der Waals surface area contributed by atoms with Crippen molar-refractivity contribution in [3.8, 4) is 5.75 Å². The summed E-state index contributed by atoms with van der Waals surface area (Å²) in [5.74, 6) is -0.390. The molecule has 0 radical (unpaired) electrons. The predicted octanol–water partition coefficient (Wildman–Crippen LogP) is 2.06. The Labute approximate surface area is 128 Å². The molecule has 2 aromatic rings. The topological polar surface area (TPSA) is 91.4 Å². The first kappa shape index (κ1) is 15.5. The number of esters is 1. The fourth-order valence-corrected chi connectivity index (χ4v) is 2.91. The van der Waals surface area contributed by atoms with Gasteiger partial charge in [-0.1, -0.05) is 0 Å². The molecule has 0 saturated heterocycles. The van der Waals surface area contributed by atoms with E-state index >= 15 is 0 Å². The number of benzene rings is 1. The van der Waals surface area contributed by atoms with Gasteiger partial charge in [-0.25, -0.2) is 4.98 Å². The Morgan fingerprint density at radius 1 is 1.33 bits per heavy atom. The Kier molecular flexibility index (Phi) is 4.94. The van der Waals surface area contributed by atoms with Crippen LogP contribution in [0.5, 0.6) is 5.75 Å². The number of nitrogens with one attached hydrogen (secondary N) is 1. The van der Waals surface area contributed by atoms with Gasteiger partial charge in [-0.15, -0.1) is 0 Å². The van der Waals surface area contributed by atoms with E-state index in [9.17, 15) is 14.1 Å². The third-order valence-electron chi connectivity index (χ3n) is 2.37. The van der Waals surface area contributed by atoms with Crippen LogP contribution in [0.2, 0.25) is 0 Å². The molecule has 2 rings (SSSR count). The lowest BCUT2D eigenvalue weighted by Crippen LogP contribution is -2.11.